The quantitative estimate of drug-likeness (QED) is 0.794. The second-order valence-electron chi connectivity index (χ2n) is 8.15. The number of nitriles is 1. The molecule has 1 aliphatic carbocycles. The van der Waals surface area contributed by atoms with E-state index in [1.807, 2.05) is 11.0 Å². The first-order valence-corrected chi connectivity index (χ1v) is 10.3. The van der Waals surface area contributed by atoms with E-state index in [0.29, 0.717) is 30.0 Å². The zero-order chi connectivity index (χ0) is 20.3. The number of carbonyl (C=O) groups excluding carboxylic acids is 2. The van der Waals surface area contributed by atoms with E-state index in [1.165, 1.54) is 5.56 Å². The predicted molar refractivity (Wildman–Crippen MR) is 111 cm³/mol. The molecule has 2 fully saturated rings. The van der Waals surface area contributed by atoms with E-state index < -0.39 is 5.41 Å². The number of nitrogens with zero attached hydrogens (tertiary/aromatic N) is 2. The molecule has 2 aromatic carbocycles. The minimum absolute atomic E-state index is 0.0374. The second-order valence-corrected chi connectivity index (χ2v) is 8.15. The Hall–Kier alpha value is -3.13. The Morgan fingerprint density at radius 1 is 1.07 bits per heavy atom. The summed E-state index contributed by atoms with van der Waals surface area (Å²) in [6, 6.07) is 19.3. The molecule has 0 bridgehead atoms. The lowest BCUT2D eigenvalue weighted by Gasteiger charge is -2.34. The van der Waals surface area contributed by atoms with Crippen molar-refractivity contribution in [2.45, 2.75) is 32.1 Å². The highest BCUT2D eigenvalue weighted by Crippen LogP contribution is 2.48. The zero-order valence-corrected chi connectivity index (χ0v) is 16.4. The van der Waals surface area contributed by atoms with Crippen LogP contribution >= 0.6 is 0 Å². The van der Waals surface area contributed by atoms with Gasteiger partial charge in [-0.3, -0.25) is 9.59 Å². The molecule has 2 aromatic rings. The van der Waals surface area contributed by atoms with E-state index in [2.05, 4.69) is 35.7 Å². The molecule has 4 rings (SSSR count). The third kappa shape index (κ3) is 4.17. The van der Waals surface area contributed by atoms with E-state index in [-0.39, 0.29) is 11.8 Å². The molecule has 5 heteroatoms. The van der Waals surface area contributed by atoms with Crippen LogP contribution in [0.15, 0.2) is 54.6 Å². The van der Waals surface area contributed by atoms with Crippen molar-refractivity contribution in [1.29, 1.82) is 5.26 Å². The average Bonchev–Trinajstić information content (AvgIpc) is 3.57. The van der Waals surface area contributed by atoms with Crippen LogP contribution in [0.5, 0.6) is 0 Å². The van der Waals surface area contributed by atoms with Crippen LogP contribution in [0.3, 0.4) is 0 Å². The number of anilines is 1. The van der Waals surface area contributed by atoms with Crippen LogP contribution in [0.25, 0.3) is 0 Å². The molecule has 0 unspecified atom stereocenters. The molecule has 2 amide bonds. The number of rotatable bonds is 5. The number of likely N-dealkylation sites (tertiary alicyclic amines) is 1. The molecule has 148 valence electrons. The van der Waals surface area contributed by atoms with Crippen LogP contribution in [0.2, 0.25) is 0 Å². The van der Waals surface area contributed by atoms with Crippen LogP contribution in [0.4, 0.5) is 5.69 Å². The molecule has 5 nitrogen and oxygen atoms in total. The van der Waals surface area contributed by atoms with Crippen molar-refractivity contribution in [2.75, 3.05) is 18.4 Å². The van der Waals surface area contributed by atoms with Crippen LogP contribution in [0, 0.1) is 22.7 Å². The predicted octanol–water partition coefficient (Wildman–Crippen LogP) is 3.76. The van der Waals surface area contributed by atoms with Gasteiger partial charge in [0, 0.05) is 18.8 Å². The lowest BCUT2D eigenvalue weighted by Crippen LogP contribution is -2.46. The highest BCUT2D eigenvalue weighted by atomic mass is 16.2. The van der Waals surface area contributed by atoms with Crippen LogP contribution in [-0.4, -0.2) is 29.8 Å². The Balaban J connectivity index is 1.34. The normalized spacial score (nSPS) is 18.0. The first kappa shape index (κ1) is 19.2. The molecule has 1 saturated heterocycles. The molecule has 0 aromatic heterocycles. The number of hydrogen-bond acceptors (Lipinski definition) is 3. The van der Waals surface area contributed by atoms with Gasteiger partial charge in [-0.05, 0) is 61.8 Å². The maximum atomic E-state index is 13.1. The Morgan fingerprint density at radius 2 is 1.79 bits per heavy atom. The van der Waals surface area contributed by atoms with Gasteiger partial charge in [-0.1, -0.05) is 36.4 Å². The van der Waals surface area contributed by atoms with Crippen molar-refractivity contribution >= 4 is 17.5 Å². The Bertz CT molecular complexity index is 936. The molecule has 29 heavy (non-hydrogen) atoms. The van der Waals surface area contributed by atoms with E-state index in [0.717, 1.165) is 32.4 Å². The van der Waals surface area contributed by atoms with Gasteiger partial charge in [0.1, 0.15) is 5.41 Å². The van der Waals surface area contributed by atoms with Crippen LogP contribution < -0.4 is 5.32 Å². The Morgan fingerprint density at radius 3 is 2.45 bits per heavy atom. The summed E-state index contributed by atoms with van der Waals surface area (Å²) in [7, 11) is 0. The van der Waals surface area contributed by atoms with Crippen LogP contribution in [0.1, 0.15) is 36.8 Å². The summed E-state index contributed by atoms with van der Waals surface area (Å²) >= 11 is 0. The van der Waals surface area contributed by atoms with Crippen molar-refractivity contribution in [2.24, 2.45) is 11.3 Å². The zero-order valence-electron chi connectivity index (χ0n) is 16.4. The first-order chi connectivity index (χ1) is 14.1. The van der Waals surface area contributed by atoms with Gasteiger partial charge in [0.15, 0.2) is 0 Å². The van der Waals surface area contributed by atoms with E-state index in [9.17, 15) is 9.59 Å². The highest BCUT2D eigenvalue weighted by molar-refractivity contribution is 6.13. The summed E-state index contributed by atoms with van der Waals surface area (Å²) < 4.78 is 0. The Labute approximate surface area is 171 Å². The maximum Gasteiger partial charge on any atom is 0.240 e. The minimum Gasteiger partial charge on any atom is -0.342 e. The van der Waals surface area contributed by atoms with E-state index in [4.69, 9.17) is 5.26 Å². The van der Waals surface area contributed by atoms with Gasteiger partial charge in [-0.2, -0.15) is 5.26 Å². The van der Waals surface area contributed by atoms with Gasteiger partial charge in [0.05, 0.1) is 11.6 Å². The standard InChI is InChI=1S/C24H25N3O2/c25-17-20-7-4-8-21(16-20)26-22(28)24(11-12-24)23(29)27-13-9-19(10-14-27)15-18-5-2-1-3-6-18/h1-8,16,19H,9-15H2,(H,26,28). The SMILES string of the molecule is N#Cc1cccc(NC(=O)C2(C(=O)N3CCC(Cc4ccccc4)CC3)CC2)c1. The monoisotopic (exact) mass is 387 g/mol. The topological polar surface area (TPSA) is 73.2 Å². The molecule has 2 aliphatic rings. The van der Waals surface area contributed by atoms with Gasteiger partial charge in [-0.15, -0.1) is 0 Å². The number of nitrogens with one attached hydrogen (secondary N) is 1. The van der Waals surface area contributed by atoms with Crippen molar-refractivity contribution < 1.29 is 9.59 Å². The number of hydrogen-bond donors (Lipinski definition) is 1. The molecule has 1 N–H and O–H groups in total. The summed E-state index contributed by atoms with van der Waals surface area (Å²) in [5.41, 5.74) is 1.47. The summed E-state index contributed by atoms with van der Waals surface area (Å²) in [4.78, 5) is 27.8. The van der Waals surface area contributed by atoms with Gasteiger partial charge in [0.2, 0.25) is 11.8 Å². The molecule has 1 aliphatic heterocycles. The van der Waals surface area contributed by atoms with Gasteiger partial charge < -0.3 is 10.2 Å². The van der Waals surface area contributed by atoms with E-state index in [1.54, 1.807) is 24.3 Å². The lowest BCUT2D eigenvalue weighted by molar-refractivity contribution is -0.143. The largest absolute Gasteiger partial charge is 0.342 e. The van der Waals surface area contributed by atoms with Crippen molar-refractivity contribution in [3.05, 3.63) is 65.7 Å². The fraction of sp³-hybridized carbons (Fsp3) is 0.375. The van der Waals surface area contributed by atoms with Crippen LogP contribution in [-0.2, 0) is 16.0 Å². The van der Waals surface area contributed by atoms with Gasteiger partial charge >= 0.3 is 0 Å². The summed E-state index contributed by atoms with van der Waals surface area (Å²) in [5.74, 6) is 0.299. The summed E-state index contributed by atoms with van der Waals surface area (Å²) in [5, 5.41) is 11.9. The molecule has 0 atom stereocenters. The number of carbonyl (C=O) groups is 2. The van der Waals surface area contributed by atoms with Gasteiger partial charge in [0.25, 0.3) is 0 Å². The molecule has 0 radical (unpaired) electrons. The molecular weight excluding hydrogens is 362 g/mol. The summed E-state index contributed by atoms with van der Waals surface area (Å²) in [6.45, 7) is 1.44. The third-order valence-electron chi connectivity index (χ3n) is 6.11. The Kier molecular flexibility index (Phi) is 5.35. The summed E-state index contributed by atoms with van der Waals surface area (Å²) in [6.07, 6.45) is 4.19. The average molecular weight is 387 g/mol. The molecular formula is C24H25N3O2. The molecule has 0 spiro atoms. The third-order valence-corrected chi connectivity index (χ3v) is 6.11. The highest BCUT2D eigenvalue weighted by Gasteiger charge is 2.58. The molecule has 1 saturated carbocycles. The first-order valence-electron chi connectivity index (χ1n) is 10.3. The van der Waals surface area contributed by atoms with Crippen molar-refractivity contribution in [3.8, 4) is 6.07 Å². The van der Waals surface area contributed by atoms with Gasteiger partial charge in [-0.25, -0.2) is 0 Å². The number of amides is 2. The van der Waals surface area contributed by atoms with Crippen molar-refractivity contribution in [1.82, 2.24) is 4.90 Å². The smallest absolute Gasteiger partial charge is 0.240 e. The number of benzene rings is 2. The fourth-order valence-corrected chi connectivity index (χ4v) is 4.17. The fourth-order valence-electron chi connectivity index (χ4n) is 4.17. The number of piperidine rings is 1. The van der Waals surface area contributed by atoms with Crippen molar-refractivity contribution in [3.63, 3.8) is 0 Å². The maximum absolute atomic E-state index is 13.1. The van der Waals surface area contributed by atoms with E-state index >= 15 is 0 Å². The minimum atomic E-state index is -0.922. The lowest BCUT2D eigenvalue weighted by atomic mass is 9.89. The second kappa shape index (κ2) is 8.08. The molecule has 1 heterocycles.